The Bertz CT molecular complexity index is 460. The average molecular weight is 266 g/mol. The fraction of sp³-hybridized carbons (Fsp3) is 0.400. The van der Waals surface area contributed by atoms with Gasteiger partial charge < -0.3 is 5.32 Å². The highest BCUT2D eigenvalue weighted by Gasteiger charge is 2.27. The average Bonchev–Trinajstić information content (AvgIpc) is 2.12. The van der Waals surface area contributed by atoms with E-state index in [0.29, 0.717) is 13.1 Å². The van der Waals surface area contributed by atoms with E-state index in [1.807, 2.05) is 0 Å². The van der Waals surface area contributed by atoms with Crippen molar-refractivity contribution in [3.8, 4) is 0 Å². The molecule has 0 bridgehead atoms. The summed E-state index contributed by atoms with van der Waals surface area (Å²) < 4.78 is 36.8. The SMILES string of the molecule is Cl.O=S(=O)(CC1CNC1)c1ccccc1F. The lowest BCUT2D eigenvalue weighted by Crippen LogP contribution is -2.45. The van der Waals surface area contributed by atoms with Gasteiger partial charge in [0.1, 0.15) is 10.7 Å². The molecule has 0 amide bonds. The highest BCUT2D eigenvalue weighted by molar-refractivity contribution is 7.91. The van der Waals surface area contributed by atoms with Gasteiger partial charge in [0.05, 0.1) is 5.75 Å². The van der Waals surface area contributed by atoms with Gasteiger partial charge >= 0.3 is 0 Å². The van der Waals surface area contributed by atoms with E-state index in [2.05, 4.69) is 5.32 Å². The zero-order valence-electron chi connectivity index (χ0n) is 8.52. The number of sulfone groups is 1. The van der Waals surface area contributed by atoms with Crippen LogP contribution in [-0.4, -0.2) is 27.3 Å². The van der Waals surface area contributed by atoms with Gasteiger partial charge in [-0.2, -0.15) is 0 Å². The summed E-state index contributed by atoms with van der Waals surface area (Å²) >= 11 is 0. The predicted octanol–water partition coefficient (Wildman–Crippen LogP) is 1.24. The summed E-state index contributed by atoms with van der Waals surface area (Å²) in [5, 5.41) is 2.99. The van der Waals surface area contributed by atoms with E-state index in [-0.39, 0.29) is 29.0 Å². The van der Waals surface area contributed by atoms with Gasteiger partial charge in [-0.05, 0) is 18.1 Å². The highest BCUT2D eigenvalue weighted by Crippen LogP contribution is 2.18. The van der Waals surface area contributed by atoms with Gasteiger partial charge in [-0.3, -0.25) is 0 Å². The number of nitrogens with one attached hydrogen (secondary N) is 1. The van der Waals surface area contributed by atoms with Crippen LogP contribution in [0.5, 0.6) is 0 Å². The van der Waals surface area contributed by atoms with Gasteiger partial charge in [0.15, 0.2) is 9.84 Å². The summed E-state index contributed by atoms with van der Waals surface area (Å²) in [6, 6.07) is 5.51. The molecule has 0 atom stereocenters. The minimum atomic E-state index is -3.47. The molecule has 0 unspecified atom stereocenters. The third-order valence-corrected chi connectivity index (χ3v) is 4.40. The molecule has 1 aliphatic rings. The molecule has 90 valence electrons. The summed E-state index contributed by atoms with van der Waals surface area (Å²) in [5.74, 6) is -0.514. The third-order valence-electron chi connectivity index (χ3n) is 2.49. The molecule has 0 saturated carbocycles. The van der Waals surface area contributed by atoms with Crippen LogP contribution in [0.1, 0.15) is 0 Å². The Labute approximate surface area is 100 Å². The maximum atomic E-state index is 13.3. The van der Waals surface area contributed by atoms with Crippen molar-refractivity contribution in [3.05, 3.63) is 30.1 Å². The minimum absolute atomic E-state index is 0. The van der Waals surface area contributed by atoms with E-state index < -0.39 is 15.7 Å². The first kappa shape index (κ1) is 13.4. The number of rotatable bonds is 3. The van der Waals surface area contributed by atoms with Gasteiger partial charge in [0.2, 0.25) is 0 Å². The monoisotopic (exact) mass is 265 g/mol. The van der Waals surface area contributed by atoms with Crippen molar-refractivity contribution < 1.29 is 12.8 Å². The topological polar surface area (TPSA) is 46.2 Å². The first-order valence-electron chi connectivity index (χ1n) is 4.77. The van der Waals surface area contributed by atoms with Crippen LogP contribution in [-0.2, 0) is 9.84 Å². The molecule has 0 aliphatic carbocycles. The van der Waals surface area contributed by atoms with Crippen molar-refractivity contribution in [2.45, 2.75) is 4.90 Å². The maximum absolute atomic E-state index is 13.3. The summed E-state index contributed by atoms with van der Waals surface area (Å²) in [4.78, 5) is -0.183. The van der Waals surface area contributed by atoms with Crippen LogP contribution in [0.4, 0.5) is 4.39 Å². The quantitative estimate of drug-likeness (QED) is 0.895. The van der Waals surface area contributed by atoms with Crippen LogP contribution in [0.3, 0.4) is 0 Å². The molecule has 6 heteroatoms. The Hall–Kier alpha value is -0.650. The lowest BCUT2D eigenvalue weighted by atomic mass is 10.1. The van der Waals surface area contributed by atoms with E-state index in [1.165, 1.54) is 24.3 Å². The molecule has 1 aliphatic heterocycles. The molecule has 1 saturated heterocycles. The van der Waals surface area contributed by atoms with Crippen LogP contribution in [0.2, 0.25) is 0 Å². The zero-order chi connectivity index (χ0) is 10.9. The van der Waals surface area contributed by atoms with Gasteiger partial charge in [-0.1, -0.05) is 12.1 Å². The Balaban J connectivity index is 0.00000128. The smallest absolute Gasteiger partial charge is 0.181 e. The maximum Gasteiger partial charge on any atom is 0.181 e. The molecular formula is C10H13ClFNO2S. The molecule has 1 aromatic carbocycles. The first-order chi connectivity index (χ1) is 7.09. The fourth-order valence-corrected chi connectivity index (χ4v) is 3.25. The Morgan fingerprint density at radius 1 is 1.31 bits per heavy atom. The second-order valence-electron chi connectivity index (χ2n) is 3.74. The van der Waals surface area contributed by atoms with E-state index in [4.69, 9.17) is 0 Å². The van der Waals surface area contributed by atoms with Crippen molar-refractivity contribution >= 4 is 22.2 Å². The van der Waals surface area contributed by atoms with Crippen molar-refractivity contribution in [1.29, 1.82) is 0 Å². The lowest BCUT2D eigenvalue weighted by Gasteiger charge is -2.26. The number of hydrogen-bond acceptors (Lipinski definition) is 3. The highest BCUT2D eigenvalue weighted by atomic mass is 35.5. The van der Waals surface area contributed by atoms with Gasteiger partial charge in [0.25, 0.3) is 0 Å². The number of benzene rings is 1. The van der Waals surface area contributed by atoms with E-state index in [9.17, 15) is 12.8 Å². The first-order valence-corrected chi connectivity index (χ1v) is 6.43. The molecule has 0 aromatic heterocycles. The van der Waals surface area contributed by atoms with Crippen molar-refractivity contribution in [1.82, 2.24) is 5.32 Å². The lowest BCUT2D eigenvalue weighted by molar-refractivity contribution is 0.378. The van der Waals surface area contributed by atoms with Crippen molar-refractivity contribution in [2.24, 2.45) is 5.92 Å². The van der Waals surface area contributed by atoms with Crippen LogP contribution in [0, 0.1) is 11.7 Å². The molecule has 1 N–H and O–H groups in total. The standard InChI is InChI=1S/C10H12FNO2S.ClH/c11-9-3-1-2-4-10(9)15(13,14)7-8-5-12-6-8;/h1-4,8,12H,5-7H2;1H. The van der Waals surface area contributed by atoms with Crippen LogP contribution in [0.15, 0.2) is 29.2 Å². The van der Waals surface area contributed by atoms with Gasteiger partial charge in [0, 0.05) is 13.1 Å². The van der Waals surface area contributed by atoms with E-state index in [1.54, 1.807) is 0 Å². The second-order valence-corrected chi connectivity index (χ2v) is 5.74. The summed E-state index contributed by atoms with van der Waals surface area (Å²) in [5.41, 5.74) is 0. The molecule has 3 nitrogen and oxygen atoms in total. The van der Waals surface area contributed by atoms with Crippen molar-refractivity contribution in [3.63, 3.8) is 0 Å². The Morgan fingerprint density at radius 3 is 2.44 bits per heavy atom. The molecular weight excluding hydrogens is 253 g/mol. The number of halogens is 2. The molecule has 2 rings (SSSR count). The molecule has 1 aromatic rings. The van der Waals surface area contributed by atoms with Gasteiger partial charge in [-0.15, -0.1) is 12.4 Å². The van der Waals surface area contributed by atoms with Crippen LogP contribution < -0.4 is 5.32 Å². The largest absolute Gasteiger partial charge is 0.316 e. The van der Waals surface area contributed by atoms with Crippen LogP contribution >= 0.6 is 12.4 Å². The molecule has 0 spiro atoms. The summed E-state index contributed by atoms with van der Waals surface area (Å²) in [6.45, 7) is 1.40. The van der Waals surface area contributed by atoms with Crippen LogP contribution in [0.25, 0.3) is 0 Å². The fourth-order valence-electron chi connectivity index (χ4n) is 1.56. The molecule has 1 heterocycles. The predicted molar refractivity (Wildman–Crippen MR) is 62.1 cm³/mol. The molecule has 1 fully saturated rings. The Kier molecular flexibility index (Phi) is 4.29. The van der Waals surface area contributed by atoms with Crippen molar-refractivity contribution in [2.75, 3.05) is 18.8 Å². The Morgan fingerprint density at radius 2 is 1.94 bits per heavy atom. The third kappa shape index (κ3) is 2.72. The normalized spacial score (nSPS) is 16.3. The van der Waals surface area contributed by atoms with Gasteiger partial charge in [-0.25, -0.2) is 12.8 Å². The number of hydrogen-bond donors (Lipinski definition) is 1. The summed E-state index contributed by atoms with van der Waals surface area (Å²) in [7, 11) is -3.47. The molecule has 16 heavy (non-hydrogen) atoms. The molecule has 0 radical (unpaired) electrons. The van der Waals surface area contributed by atoms with E-state index >= 15 is 0 Å². The van der Waals surface area contributed by atoms with E-state index in [0.717, 1.165) is 0 Å². The minimum Gasteiger partial charge on any atom is -0.316 e. The second kappa shape index (κ2) is 5.12. The summed E-state index contributed by atoms with van der Waals surface area (Å²) in [6.07, 6.45) is 0. The zero-order valence-corrected chi connectivity index (χ0v) is 10.2.